The molecule has 0 unspecified atom stereocenters. The lowest BCUT2D eigenvalue weighted by Crippen LogP contribution is -2.40. The van der Waals surface area contributed by atoms with Crippen LogP contribution in [0.1, 0.15) is 31.8 Å². The van der Waals surface area contributed by atoms with Crippen LogP contribution >= 0.6 is 11.3 Å². The number of aromatic nitrogens is 1. The Morgan fingerprint density at radius 1 is 0.882 bits per heavy atom. The minimum Gasteiger partial charge on any atom is -0.350 e. The number of hydrogen-bond acceptors (Lipinski definition) is 5. The summed E-state index contributed by atoms with van der Waals surface area (Å²) in [5.74, 6) is -1.26. The van der Waals surface area contributed by atoms with Crippen LogP contribution in [0, 0.1) is 6.92 Å². The number of imide groups is 1. The van der Waals surface area contributed by atoms with Crippen LogP contribution in [0.5, 0.6) is 0 Å². The largest absolute Gasteiger partial charge is 0.350 e. The molecular weight excluding hydrogens is 446 g/mol. The van der Waals surface area contributed by atoms with Gasteiger partial charge in [-0.3, -0.25) is 19.3 Å². The number of nitrogens with one attached hydrogen (secondary N) is 1. The molecule has 6 nitrogen and oxygen atoms in total. The lowest BCUT2D eigenvalue weighted by Gasteiger charge is -2.13. The number of hydrogen-bond donors (Lipinski definition) is 1. The van der Waals surface area contributed by atoms with E-state index < -0.39 is 11.8 Å². The third-order valence-electron chi connectivity index (χ3n) is 5.72. The van der Waals surface area contributed by atoms with Crippen LogP contribution < -0.4 is 5.32 Å². The van der Waals surface area contributed by atoms with Gasteiger partial charge in [-0.15, -0.1) is 11.3 Å². The van der Waals surface area contributed by atoms with Gasteiger partial charge in [0.25, 0.3) is 11.8 Å². The number of carbonyl (C=O) groups is 3. The summed E-state index contributed by atoms with van der Waals surface area (Å²) in [6.07, 6.45) is 0. The normalized spacial score (nSPS) is 12.7. The summed E-state index contributed by atoms with van der Waals surface area (Å²) in [4.78, 5) is 43.0. The minimum atomic E-state index is -0.437. The second-order valence-electron chi connectivity index (χ2n) is 8.12. The van der Waals surface area contributed by atoms with Crippen molar-refractivity contribution in [2.24, 2.45) is 0 Å². The zero-order chi connectivity index (χ0) is 23.7. The Kier molecular flexibility index (Phi) is 5.77. The van der Waals surface area contributed by atoms with Crippen molar-refractivity contribution < 1.29 is 14.4 Å². The quantitative estimate of drug-likeness (QED) is 0.417. The molecule has 1 aliphatic heterocycles. The van der Waals surface area contributed by atoms with Gasteiger partial charge in [-0.1, -0.05) is 66.2 Å². The zero-order valence-electron chi connectivity index (χ0n) is 18.4. The highest BCUT2D eigenvalue weighted by atomic mass is 32.1. The van der Waals surface area contributed by atoms with Crippen molar-refractivity contribution in [3.8, 4) is 21.8 Å². The van der Waals surface area contributed by atoms with Crippen molar-refractivity contribution >= 4 is 29.1 Å². The van der Waals surface area contributed by atoms with Gasteiger partial charge in [-0.25, -0.2) is 4.98 Å². The molecular formula is C27H21N3O3S. The van der Waals surface area contributed by atoms with Crippen LogP contribution in [0.3, 0.4) is 0 Å². The van der Waals surface area contributed by atoms with E-state index in [1.54, 1.807) is 35.6 Å². The van der Waals surface area contributed by atoms with Crippen molar-refractivity contribution in [1.82, 2.24) is 15.2 Å². The number of thiazole rings is 1. The fourth-order valence-corrected chi connectivity index (χ4v) is 4.65. The van der Waals surface area contributed by atoms with Crippen molar-refractivity contribution in [2.45, 2.75) is 13.5 Å². The molecule has 1 N–H and O–H groups in total. The monoisotopic (exact) mass is 467 g/mol. The second-order valence-corrected chi connectivity index (χ2v) is 8.98. The number of rotatable bonds is 6. The molecule has 1 aromatic heterocycles. The van der Waals surface area contributed by atoms with Crippen LogP contribution in [-0.2, 0) is 11.3 Å². The first-order chi connectivity index (χ1) is 16.5. The molecule has 1 aliphatic rings. The molecule has 0 fully saturated rings. The number of aryl methyl sites for hydroxylation is 1. The molecule has 0 aliphatic carbocycles. The van der Waals surface area contributed by atoms with Crippen LogP contribution in [0.25, 0.3) is 21.8 Å². The Bertz CT molecular complexity index is 1360. The molecule has 4 aromatic rings. The van der Waals surface area contributed by atoms with Gasteiger partial charge in [0.2, 0.25) is 5.91 Å². The lowest BCUT2D eigenvalue weighted by molar-refractivity contribution is -0.121. The maximum absolute atomic E-state index is 12.4. The molecule has 0 saturated heterocycles. The predicted molar refractivity (Wildman–Crippen MR) is 131 cm³/mol. The highest BCUT2D eigenvalue weighted by Crippen LogP contribution is 2.29. The predicted octanol–water partition coefficient (Wildman–Crippen LogP) is 4.70. The first-order valence-corrected chi connectivity index (χ1v) is 11.7. The molecule has 0 radical (unpaired) electrons. The number of nitrogens with zero attached hydrogens (tertiary/aromatic N) is 2. The van der Waals surface area contributed by atoms with E-state index in [0.717, 1.165) is 32.3 Å². The second kappa shape index (κ2) is 9.03. The van der Waals surface area contributed by atoms with E-state index in [9.17, 15) is 14.4 Å². The van der Waals surface area contributed by atoms with Crippen molar-refractivity contribution in [3.63, 3.8) is 0 Å². The van der Waals surface area contributed by atoms with Gasteiger partial charge in [0, 0.05) is 23.1 Å². The van der Waals surface area contributed by atoms with Crippen LogP contribution in [-0.4, -0.2) is 34.2 Å². The number of fused-ring (bicyclic) bond motifs is 1. The average Bonchev–Trinajstić information content (AvgIpc) is 3.44. The third kappa shape index (κ3) is 4.25. The molecule has 34 heavy (non-hydrogen) atoms. The van der Waals surface area contributed by atoms with E-state index in [-0.39, 0.29) is 12.5 Å². The van der Waals surface area contributed by atoms with Crippen molar-refractivity contribution in [2.75, 3.05) is 6.54 Å². The standard InChI is InChI=1S/C27H21N3O3S/c1-17-6-10-19(11-7-17)23-16-34-25(29-23)20-12-8-18(9-13-20)14-28-24(31)15-30-26(32)21-4-2-3-5-22(21)27(30)33/h2-13,16H,14-15H2,1H3,(H,28,31). The van der Waals surface area contributed by atoms with Crippen LogP contribution in [0.2, 0.25) is 0 Å². The Morgan fingerprint density at radius 3 is 2.15 bits per heavy atom. The molecule has 0 atom stereocenters. The van der Waals surface area contributed by atoms with E-state index in [1.807, 2.05) is 29.6 Å². The topological polar surface area (TPSA) is 79.4 Å². The summed E-state index contributed by atoms with van der Waals surface area (Å²) in [5.41, 5.74) is 5.84. The van der Waals surface area contributed by atoms with E-state index in [2.05, 4.69) is 36.5 Å². The molecule has 168 valence electrons. The van der Waals surface area contributed by atoms with Gasteiger partial charge in [0.15, 0.2) is 0 Å². The van der Waals surface area contributed by atoms with Gasteiger partial charge < -0.3 is 5.32 Å². The molecule has 0 saturated carbocycles. The maximum atomic E-state index is 12.4. The fourth-order valence-electron chi connectivity index (χ4n) is 3.81. The maximum Gasteiger partial charge on any atom is 0.262 e. The van der Waals surface area contributed by atoms with Crippen molar-refractivity contribution in [1.29, 1.82) is 0 Å². The first kappa shape index (κ1) is 21.7. The van der Waals surface area contributed by atoms with Crippen LogP contribution in [0.15, 0.2) is 78.2 Å². The molecule has 7 heteroatoms. The first-order valence-electron chi connectivity index (χ1n) is 10.8. The average molecular weight is 468 g/mol. The Balaban J connectivity index is 1.19. The summed E-state index contributed by atoms with van der Waals surface area (Å²) < 4.78 is 0. The third-order valence-corrected chi connectivity index (χ3v) is 6.61. The van der Waals surface area contributed by atoms with Gasteiger partial charge in [0.05, 0.1) is 16.8 Å². The molecule has 2 heterocycles. The Hall–Kier alpha value is -4.10. The number of benzene rings is 3. The zero-order valence-corrected chi connectivity index (χ0v) is 19.3. The number of carbonyl (C=O) groups excluding carboxylic acids is 3. The van der Waals surface area contributed by atoms with Gasteiger partial charge in [-0.05, 0) is 24.6 Å². The molecule has 0 bridgehead atoms. The summed E-state index contributed by atoms with van der Waals surface area (Å²) in [7, 11) is 0. The SMILES string of the molecule is Cc1ccc(-c2csc(-c3ccc(CNC(=O)CN4C(=O)c5ccccc5C4=O)cc3)n2)cc1. The molecule has 0 spiro atoms. The highest BCUT2D eigenvalue weighted by Gasteiger charge is 2.36. The Morgan fingerprint density at radius 2 is 1.50 bits per heavy atom. The fraction of sp³-hybridized carbons (Fsp3) is 0.111. The van der Waals surface area contributed by atoms with E-state index in [0.29, 0.717) is 17.7 Å². The van der Waals surface area contributed by atoms with Gasteiger partial charge in [0.1, 0.15) is 11.6 Å². The summed E-state index contributed by atoms with van der Waals surface area (Å²) in [6.45, 7) is 2.06. The van der Waals surface area contributed by atoms with Gasteiger partial charge in [-0.2, -0.15) is 0 Å². The summed E-state index contributed by atoms with van der Waals surface area (Å²) in [5, 5.41) is 5.76. The van der Waals surface area contributed by atoms with Crippen molar-refractivity contribution in [3.05, 3.63) is 100 Å². The van der Waals surface area contributed by atoms with E-state index in [1.165, 1.54) is 5.56 Å². The summed E-state index contributed by atoms with van der Waals surface area (Å²) in [6, 6.07) is 22.7. The highest BCUT2D eigenvalue weighted by molar-refractivity contribution is 7.13. The number of amides is 3. The van der Waals surface area contributed by atoms with E-state index >= 15 is 0 Å². The molecule has 5 rings (SSSR count). The Labute approximate surface area is 200 Å². The molecule has 3 amide bonds. The van der Waals surface area contributed by atoms with Crippen LogP contribution in [0.4, 0.5) is 0 Å². The lowest BCUT2D eigenvalue weighted by atomic mass is 10.1. The smallest absolute Gasteiger partial charge is 0.262 e. The minimum absolute atomic E-state index is 0.300. The summed E-state index contributed by atoms with van der Waals surface area (Å²) >= 11 is 1.59. The van der Waals surface area contributed by atoms with E-state index in [4.69, 9.17) is 4.98 Å². The van der Waals surface area contributed by atoms with Gasteiger partial charge >= 0.3 is 0 Å². The molecule has 3 aromatic carbocycles.